The second kappa shape index (κ2) is 3.08. The summed E-state index contributed by atoms with van der Waals surface area (Å²) in [6.45, 7) is 1.51. The van der Waals surface area contributed by atoms with E-state index in [4.69, 9.17) is 16.6 Å². The summed E-state index contributed by atoms with van der Waals surface area (Å²) >= 11 is 0. The molecule has 66 valence electrons. The molecule has 5 N–H and O–H groups in total. The highest BCUT2D eigenvalue weighted by Gasteiger charge is 2.23. The maximum atomic E-state index is 8.95. The molecule has 0 radical (unpaired) electrons. The molecule has 0 aliphatic rings. The smallest absolute Gasteiger partial charge is 0.0851 e. The Labute approximate surface area is 71.2 Å². The van der Waals surface area contributed by atoms with Gasteiger partial charge in [-0.05, 0) is 19.1 Å². The molecule has 1 heterocycles. The zero-order valence-electron chi connectivity index (χ0n) is 6.99. The first kappa shape index (κ1) is 8.96. The summed E-state index contributed by atoms with van der Waals surface area (Å²) in [4.78, 5) is 4.01. The Kier molecular flexibility index (Phi) is 2.30. The Morgan fingerprint density at radius 3 is 2.83 bits per heavy atom. The molecular formula is C8H13N3O. The molecule has 1 rings (SSSR count). The molecule has 0 aliphatic carbocycles. The standard InChI is InChI=1S/C8H13N3O/c1-8(10,5-12)7-6(9)3-2-4-11-7/h2-4,12H,5,9-10H2,1H3. The molecule has 1 aromatic rings. The van der Waals surface area contributed by atoms with E-state index in [0.29, 0.717) is 11.4 Å². The predicted molar refractivity (Wildman–Crippen MR) is 47.3 cm³/mol. The largest absolute Gasteiger partial charge is 0.397 e. The van der Waals surface area contributed by atoms with Crippen molar-refractivity contribution in [3.8, 4) is 0 Å². The number of hydrogen-bond donors (Lipinski definition) is 3. The van der Waals surface area contributed by atoms with Gasteiger partial charge in [0.1, 0.15) is 0 Å². The van der Waals surface area contributed by atoms with Crippen molar-refractivity contribution < 1.29 is 5.11 Å². The van der Waals surface area contributed by atoms with Gasteiger partial charge in [0.15, 0.2) is 0 Å². The molecule has 0 fully saturated rings. The summed E-state index contributed by atoms with van der Waals surface area (Å²) in [7, 11) is 0. The third-order valence-electron chi connectivity index (χ3n) is 1.71. The summed E-state index contributed by atoms with van der Waals surface area (Å²) in [5.74, 6) is 0. The van der Waals surface area contributed by atoms with Crippen LogP contribution in [0, 0.1) is 0 Å². The number of aliphatic hydroxyl groups is 1. The summed E-state index contributed by atoms with van der Waals surface area (Å²) in [5.41, 5.74) is 11.6. The van der Waals surface area contributed by atoms with Gasteiger partial charge in [0.2, 0.25) is 0 Å². The molecule has 12 heavy (non-hydrogen) atoms. The van der Waals surface area contributed by atoms with Crippen LogP contribution in [-0.2, 0) is 5.54 Å². The van der Waals surface area contributed by atoms with Gasteiger partial charge in [0.05, 0.1) is 23.5 Å². The van der Waals surface area contributed by atoms with Gasteiger partial charge in [-0.1, -0.05) is 0 Å². The number of anilines is 1. The molecule has 1 unspecified atom stereocenters. The second-order valence-corrected chi connectivity index (χ2v) is 3.02. The Balaban J connectivity index is 3.10. The van der Waals surface area contributed by atoms with E-state index in [9.17, 15) is 0 Å². The van der Waals surface area contributed by atoms with Crippen molar-refractivity contribution in [1.82, 2.24) is 4.98 Å². The normalized spacial score (nSPS) is 15.6. The number of rotatable bonds is 2. The quantitative estimate of drug-likeness (QED) is 0.571. The van der Waals surface area contributed by atoms with Crippen LogP contribution in [0.5, 0.6) is 0 Å². The van der Waals surface area contributed by atoms with Gasteiger partial charge in [-0.15, -0.1) is 0 Å². The van der Waals surface area contributed by atoms with Gasteiger partial charge < -0.3 is 16.6 Å². The number of hydrogen-bond acceptors (Lipinski definition) is 4. The fourth-order valence-corrected chi connectivity index (χ4v) is 0.970. The zero-order chi connectivity index (χ0) is 9.19. The first-order chi connectivity index (χ1) is 5.58. The topological polar surface area (TPSA) is 85.2 Å². The van der Waals surface area contributed by atoms with E-state index in [-0.39, 0.29) is 6.61 Å². The predicted octanol–water partition coefficient (Wildman–Crippen LogP) is -0.170. The van der Waals surface area contributed by atoms with Crippen LogP contribution < -0.4 is 11.5 Å². The monoisotopic (exact) mass is 167 g/mol. The van der Waals surface area contributed by atoms with Gasteiger partial charge in [0, 0.05) is 6.20 Å². The average molecular weight is 167 g/mol. The van der Waals surface area contributed by atoms with Gasteiger partial charge in [-0.3, -0.25) is 4.98 Å². The van der Waals surface area contributed by atoms with Gasteiger partial charge in [0.25, 0.3) is 0 Å². The lowest BCUT2D eigenvalue weighted by atomic mass is 9.98. The molecule has 0 bridgehead atoms. The Hall–Kier alpha value is -1.13. The van der Waals surface area contributed by atoms with Gasteiger partial charge >= 0.3 is 0 Å². The number of aliphatic hydroxyl groups excluding tert-OH is 1. The molecule has 0 aliphatic heterocycles. The highest BCUT2D eigenvalue weighted by atomic mass is 16.3. The van der Waals surface area contributed by atoms with E-state index in [2.05, 4.69) is 4.98 Å². The van der Waals surface area contributed by atoms with Crippen molar-refractivity contribution in [1.29, 1.82) is 0 Å². The van der Waals surface area contributed by atoms with E-state index in [1.807, 2.05) is 0 Å². The molecule has 0 spiro atoms. The molecule has 0 saturated heterocycles. The average Bonchev–Trinajstić information content (AvgIpc) is 2.05. The van der Waals surface area contributed by atoms with Crippen LogP contribution in [0.25, 0.3) is 0 Å². The SMILES string of the molecule is CC(N)(CO)c1ncccc1N. The summed E-state index contributed by atoms with van der Waals surface area (Å²) in [6, 6.07) is 3.44. The number of aromatic nitrogens is 1. The summed E-state index contributed by atoms with van der Waals surface area (Å²) < 4.78 is 0. The van der Waals surface area contributed by atoms with E-state index in [1.165, 1.54) is 0 Å². The van der Waals surface area contributed by atoms with Crippen LogP contribution in [0.3, 0.4) is 0 Å². The number of pyridine rings is 1. The van der Waals surface area contributed by atoms with Crippen molar-refractivity contribution >= 4 is 5.69 Å². The fourth-order valence-electron chi connectivity index (χ4n) is 0.970. The molecule has 0 aromatic carbocycles. The lowest BCUT2D eigenvalue weighted by Crippen LogP contribution is -2.38. The van der Waals surface area contributed by atoms with Crippen LogP contribution >= 0.6 is 0 Å². The maximum absolute atomic E-state index is 8.95. The Morgan fingerprint density at radius 2 is 2.33 bits per heavy atom. The van der Waals surface area contributed by atoms with Crippen LogP contribution in [0.15, 0.2) is 18.3 Å². The lowest BCUT2D eigenvalue weighted by Gasteiger charge is -2.22. The number of nitrogens with zero attached hydrogens (tertiary/aromatic N) is 1. The molecule has 4 nitrogen and oxygen atoms in total. The third kappa shape index (κ3) is 1.54. The second-order valence-electron chi connectivity index (χ2n) is 3.02. The van der Waals surface area contributed by atoms with Crippen LogP contribution in [0.4, 0.5) is 5.69 Å². The van der Waals surface area contributed by atoms with Crippen molar-refractivity contribution in [3.05, 3.63) is 24.0 Å². The van der Waals surface area contributed by atoms with Crippen molar-refractivity contribution in [2.75, 3.05) is 12.3 Å². The van der Waals surface area contributed by atoms with Crippen molar-refractivity contribution in [2.45, 2.75) is 12.5 Å². The van der Waals surface area contributed by atoms with Crippen molar-refractivity contribution in [2.24, 2.45) is 5.73 Å². The minimum Gasteiger partial charge on any atom is -0.397 e. The first-order valence-corrected chi connectivity index (χ1v) is 3.68. The molecular weight excluding hydrogens is 154 g/mol. The number of nitrogen functional groups attached to an aromatic ring is 1. The first-order valence-electron chi connectivity index (χ1n) is 3.68. The highest BCUT2D eigenvalue weighted by molar-refractivity contribution is 5.45. The maximum Gasteiger partial charge on any atom is 0.0851 e. The van der Waals surface area contributed by atoms with E-state index in [0.717, 1.165) is 0 Å². The Morgan fingerprint density at radius 1 is 1.67 bits per heavy atom. The lowest BCUT2D eigenvalue weighted by molar-refractivity contribution is 0.207. The molecule has 0 amide bonds. The molecule has 0 saturated carbocycles. The van der Waals surface area contributed by atoms with Crippen molar-refractivity contribution in [3.63, 3.8) is 0 Å². The van der Waals surface area contributed by atoms with Crippen LogP contribution in [0.1, 0.15) is 12.6 Å². The third-order valence-corrected chi connectivity index (χ3v) is 1.71. The van der Waals surface area contributed by atoms with E-state index in [1.54, 1.807) is 25.3 Å². The minimum atomic E-state index is -0.856. The van der Waals surface area contributed by atoms with E-state index < -0.39 is 5.54 Å². The molecule has 1 aromatic heterocycles. The molecule has 1 atom stereocenters. The van der Waals surface area contributed by atoms with Gasteiger partial charge in [-0.2, -0.15) is 0 Å². The fraction of sp³-hybridized carbons (Fsp3) is 0.375. The zero-order valence-corrected chi connectivity index (χ0v) is 6.99. The summed E-state index contributed by atoms with van der Waals surface area (Å²) in [6.07, 6.45) is 1.60. The number of nitrogens with two attached hydrogens (primary N) is 2. The molecule has 4 heteroatoms. The summed E-state index contributed by atoms with van der Waals surface area (Å²) in [5, 5.41) is 8.95. The van der Waals surface area contributed by atoms with Gasteiger partial charge in [-0.25, -0.2) is 0 Å². The van der Waals surface area contributed by atoms with Crippen LogP contribution in [0.2, 0.25) is 0 Å². The minimum absolute atomic E-state index is 0.172. The Bertz CT molecular complexity index is 273. The highest BCUT2D eigenvalue weighted by Crippen LogP contribution is 2.19. The van der Waals surface area contributed by atoms with Crippen LogP contribution in [-0.4, -0.2) is 16.7 Å². The van der Waals surface area contributed by atoms with E-state index >= 15 is 0 Å².